The first kappa shape index (κ1) is 15.3. The van der Waals surface area contributed by atoms with Gasteiger partial charge in [-0.15, -0.1) is 0 Å². The maximum absolute atomic E-state index is 12.0. The molecule has 0 amide bonds. The summed E-state index contributed by atoms with van der Waals surface area (Å²) in [5.74, 6) is -0.859. The van der Waals surface area contributed by atoms with E-state index >= 15 is 0 Å². The normalized spacial score (nSPS) is 39.0. The number of ether oxygens (including phenoxy) is 2. The first-order valence-electron chi connectivity index (χ1n) is 7.18. The monoisotopic (exact) mass is 281 g/mol. The highest BCUT2D eigenvalue weighted by atomic mass is 16.5. The number of hydrogen-bond donors (Lipinski definition) is 1. The second-order valence-corrected chi connectivity index (χ2v) is 6.74. The molecular formula is C15H23NO4. The van der Waals surface area contributed by atoms with Gasteiger partial charge in [-0.1, -0.05) is 0 Å². The molecule has 0 aromatic heterocycles. The van der Waals surface area contributed by atoms with Crippen LogP contribution >= 0.6 is 0 Å². The van der Waals surface area contributed by atoms with Crippen LogP contribution in [0.15, 0.2) is 0 Å². The number of carbonyl (C=O) groups is 1. The van der Waals surface area contributed by atoms with Gasteiger partial charge in [0.1, 0.15) is 0 Å². The Hall–Kier alpha value is -1.12. The Morgan fingerprint density at radius 1 is 1.50 bits per heavy atom. The van der Waals surface area contributed by atoms with Crippen molar-refractivity contribution in [3.63, 3.8) is 0 Å². The van der Waals surface area contributed by atoms with Crippen LogP contribution in [-0.4, -0.2) is 36.0 Å². The summed E-state index contributed by atoms with van der Waals surface area (Å²) in [6, 6.07) is 2.09. The Kier molecular flexibility index (Phi) is 3.83. The molecule has 0 aromatic rings. The van der Waals surface area contributed by atoms with Crippen LogP contribution in [0.25, 0.3) is 0 Å². The van der Waals surface area contributed by atoms with Gasteiger partial charge in [-0.2, -0.15) is 5.26 Å². The maximum atomic E-state index is 12.0. The van der Waals surface area contributed by atoms with Gasteiger partial charge < -0.3 is 14.6 Å². The van der Waals surface area contributed by atoms with Crippen LogP contribution in [-0.2, 0) is 14.3 Å². The van der Waals surface area contributed by atoms with Crippen LogP contribution in [0.1, 0.15) is 34.1 Å². The van der Waals surface area contributed by atoms with E-state index in [0.717, 1.165) is 0 Å². The summed E-state index contributed by atoms with van der Waals surface area (Å²) in [4.78, 5) is 12.0. The van der Waals surface area contributed by atoms with Gasteiger partial charge in [-0.05, 0) is 40.0 Å². The van der Waals surface area contributed by atoms with Crippen molar-refractivity contribution in [1.29, 1.82) is 5.26 Å². The lowest BCUT2D eigenvalue weighted by atomic mass is 9.89. The lowest BCUT2D eigenvalue weighted by Crippen LogP contribution is -2.34. The van der Waals surface area contributed by atoms with E-state index < -0.39 is 17.5 Å². The summed E-state index contributed by atoms with van der Waals surface area (Å²) in [6.07, 6.45) is -0.0136. The largest absolute Gasteiger partial charge is 0.465 e. The third-order valence-electron chi connectivity index (χ3n) is 4.37. The van der Waals surface area contributed by atoms with Gasteiger partial charge in [-0.25, -0.2) is 0 Å². The molecule has 2 saturated carbocycles. The highest BCUT2D eigenvalue weighted by Gasteiger charge is 2.77. The molecule has 112 valence electrons. The average molecular weight is 281 g/mol. The predicted molar refractivity (Wildman–Crippen MR) is 71.5 cm³/mol. The third kappa shape index (κ3) is 2.32. The van der Waals surface area contributed by atoms with Crippen LogP contribution < -0.4 is 0 Å². The van der Waals surface area contributed by atoms with Crippen LogP contribution in [0.3, 0.4) is 0 Å². The molecule has 5 heteroatoms. The van der Waals surface area contributed by atoms with Crippen LogP contribution in [0, 0.1) is 34.5 Å². The number of nitriles is 1. The van der Waals surface area contributed by atoms with E-state index in [1.54, 1.807) is 6.92 Å². The summed E-state index contributed by atoms with van der Waals surface area (Å²) in [7, 11) is 0. The Morgan fingerprint density at radius 2 is 2.15 bits per heavy atom. The highest BCUT2D eigenvalue weighted by molar-refractivity contribution is 5.85. The van der Waals surface area contributed by atoms with E-state index in [2.05, 4.69) is 6.07 Å². The van der Waals surface area contributed by atoms with Gasteiger partial charge in [0.15, 0.2) is 5.41 Å². The Bertz CT molecular complexity index is 436. The Morgan fingerprint density at radius 3 is 2.55 bits per heavy atom. The number of esters is 1. The van der Waals surface area contributed by atoms with E-state index in [-0.39, 0.29) is 30.0 Å². The Labute approximate surface area is 119 Å². The minimum Gasteiger partial charge on any atom is -0.465 e. The molecule has 0 unspecified atom stereocenters. The Balaban J connectivity index is 1.99. The van der Waals surface area contributed by atoms with Crippen LogP contribution in [0.4, 0.5) is 0 Å². The first-order chi connectivity index (χ1) is 9.28. The molecule has 5 nitrogen and oxygen atoms in total. The van der Waals surface area contributed by atoms with Gasteiger partial charge in [0, 0.05) is 11.8 Å². The van der Waals surface area contributed by atoms with Crippen LogP contribution in [0.2, 0.25) is 0 Å². The van der Waals surface area contributed by atoms with Crippen molar-refractivity contribution < 1.29 is 19.4 Å². The zero-order valence-electron chi connectivity index (χ0n) is 12.5. The van der Waals surface area contributed by atoms with Crippen molar-refractivity contribution in [3.05, 3.63) is 0 Å². The number of aliphatic hydroxyl groups is 1. The van der Waals surface area contributed by atoms with Crippen molar-refractivity contribution in [2.45, 2.75) is 45.8 Å². The number of nitrogens with zero attached hydrogens (tertiary/aromatic N) is 1. The molecule has 0 aliphatic heterocycles. The molecule has 2 aliphatic carbocycles. The molecule has 1 N–H and O–H groups in total. The first-order valence-corrected chi connectivity index (χ1v) is 7.18. The zero-order chi connectivity index (χ0) is 15.1. The fourth-order valence-electron chi connectivity index (χ4n) is 3.35. The van der Waals surface area contributed by atoms with Crippen molar-refractivity contribution in [1.82, 2.24) is 0 Å². The van der Waals surface area contributed by atoms with Crippen molar-refractivity contribution in [2.75, 3.05) is 13.2 Å². The number of fused-ring (bicyclic) bond motifs is 1. The summed E-state index contributed by atoms with van der Waals surface area (Å²) >= 11 is 0. The van der Waals surface area contributed by atoms with Crippen molar-refractivity contribution >= 4 is 5.97 Å². The topological polar surface area (TPSA) is 79.6 Å². The highest BCUT2D eigenvalue weighted by Crippen LogP contribution is 2.68. The number of hydrogen-bond acceptors (Lipinski definition) is 5. The molecular weight excluding hydrogens is 258 g/mol. The van der Waals surface area contributed by atoms with E-state index in [4.69, 9.17) is 9.47 Å². The quantitative estimate of drug-likeness (QED) is 0.790. The van der Waals surface area contributed by atoms with Gasteiger partial charge in [0.05, 0.1) is 31.0 Å². The molecule has 0 spiro atoms. The van der Waals surface area contributed by atoms with E-state index in [9.17, 15) is 15.2 Å². The summed E-state index contributed by atoms with van der Waals surface area (Å²) in [5.41, 5.74) is -1.37. The molecule has 0 radical (unpaired) electrons. The molecule has 5 atom stereocenters. The smallest absolute Gasteiger partial charge is 0.327 e. The summed E-state index contributed by atoms with van der Waals surface area (Å²) in [5, 5.41) is 19.7. The minimum atomic E-state index is -1.12. The fraction of sp³-hybridized carbons (Fsp3) is 0.867. The standard InChI is InChI=1S/C15H23NO4/c1-5-19-13(18)15(8-16)10-6-9(12(17)11(10)15)7-20-14(2,3)4/h9-12,17H,5-7H2,1-4H3/t9-,10-,11-,12-,15+/m1/s1. The molecule has 20 heavy (non-hydrogen) atoms. The van der Waals surface area contributed by atoms with Gasteiger partial charge >= 0.3 is 5.97 Å². The molecule has 0 aromatic carbocycles. The number of aliphatic hydroxyl groups excluding tert-OH is 1. The summed E-state index contributed by atoms with van der Waals surface area (Å²) in [6.45, 7) is 8.33. The fourth-order valence-corrected chi connectivity index (χ4v) is 3.35. The van der Waals surface area contributed by atoms with E-state index in [1.165, 1.54) is 0 Å². The second kappa shape index (κ2) is 5.01. The number of carbonyl (C=O) groups excluding carboxylic acids is 1. The SMILES string of the molecule is CCOC(=O)[C@]1(C#N)[C@H]2[C@H](O)[C@@H](COC(C)(C)C)C[C@H]21. The molecule has 0 bridgehead atoms. The lowest BCUT2D eigenvalue weighted by Gasteiger charge is -2.26. The van der Waals surface area contributed by atoms with E-state index in [0.29, 0.717) is 13.0 Å². The molecule has 0 saturated heterocycles. The van der Waals surface area contributed by atoms with E-state index in [1.807, 2.05) is 20.8 Å². The van der Waals surface area contributed by atoms with Gasteiger partial charge in [0.25, 0.3) is 0 Å². The zero-order valence-corrected chi connectivity index (χ0v) is 12.5. The summed E-state index contributed by atoms with van der Waals surface area (Å²) < 4.78 is 10.7. The minimum absolute atomic E-state index is 0.000117. The number of rotatable bonds is 4. The van der Waals surface area contributed by atoms with Crippen LogP contribution in [0.5, 0.6) is 0 Å². The molecule has 0 heterocycles. The van der Waals surface area contributed by atoms with Crippen molar-refractivity contribution in [3.8, 4) is 6.07 Å². The maximum Gasteiger partial charge on any atom is 0.327 e. The third-order valence-corrected chi connectivity index (χ3v) is 4.37. The average Bonchev–Trinajstić information content (AvgIpc) is 2.89. The predicted octanol–water partition coefficient (Wildman–Crippen LogP) is 1.50. The molecule has 2 aliphatic rings. The molecule has 2 fully saturated rings. The second-order valence-electron chi connectivity index (χ2n) is 6.74. The lowest BCUT2D eigenvalue weighted by molar-refractivity contribution is -0.150. The molecule has 2 rings (SSSR count). The van der Waals surface area contributed by atoms with Crippen molar-refractivity contribution in [2.24, 2.45) is 23.2 Å². The van der Waals surface area contributed by atoms with Gasteiger partial charge in [-0.3, -0.25) is 4.79 Å². The van der Waals surface area contributed by atoms with Gasteiger partial charge in [0.2, 0.25) is 0 Å².